The molecule has 0 radical (unpaired) electrons. The lowest BCUT2D eigenvalue weighted by Gasteiger charge is -2.42. The summed E-state index contributed by atoms with van der Waals surface area (Å²) in [7, 11) is 0. The molecule has 2 heterocycles. The first-order chi connectivity index (χ1) is 14.1. The van der Waals surface area contributed by atoms with Gasteiger partial charge in [-0.25, -0.2) is 4.79 Å². The largest absolute Gasteiger partial charge is 0.359 e. The molecule has 7 heteroatoms. The van der Waals surface area contributed by atoms with Gasteiger partial charge in [0.15, 0.2) is 0 Å². The number of carbonyl (C=O) groups is 2. The number of aliphatic hydroxyl groups is 1. The Morgan fingerprint density at radius 3 is 2.69 bits per heavy atom. The number of fused-ring (bicyclic) bond motifs is 1. The van der Waals surface area contributed by atoms with E-state index in [0.29, 0.717) is 23.5 Å². The molecule has 2 aromatic rings. The second-order valence-electron chi connectivity index (χ2n) is 7.45. The van der Waals surface area contributed by atoms with Gasteiger partial charge in [-0.3, -0.25) is 14.6 Å². The first kappa shape index (κ1) is 19.4. The predicted octanol–water partition coefficient (Wildman–Crippen LogP) is 2.48. The van der Waals surface area contributed by atoms with Crippen LogP contribution in [0.4, 0.5) is 16.2 Å². The number of hydrogen-bond acceptors (Lipinski definition) is 4. The van der Waals surface area contributed by atoms with E-state index in [2.05, 4.69) is 22.5 Å². The molecule has 0 aromatic heterocycles. The lowest BCUT2D eigenvalue weighted by Crippen LogP contribution is -2.63. The van der Waals surface area contributed by atoms with E-state index in [0.717, 1.165) is 30.8 Å². The lowest BCUT2D eigenvalue weighted by molar-refractivity contribution is -0.140. The van der Waals surface area contributed by atoms with E-state index in [1.807, 2.05) is 6.07 Å². The van der Waals surface area contributed by atoms with Crippen molar-refractivity contribution in [3.8, 4) is 0 Å². The minimum absolute atomic E-state index is 0.241. The van der Waals surface area contributed by atoms with Crippen LogP contribution in [0.1, 0.15) is 25.3 Å². The Morgan fingerprint density at radius 1 is 1.21 bits per heavy atom. The molecule has 2 aliphatic rings. The van der Waals surface area contributed by atoms with Gasteiger partial charge in [-0.1, -0.05) is 43.3 Å². The molecule has 0 saturated carbocycles. The monoisotopic (exact) mass is 394 g/mol. The maximum absolute atomic E-state index is 13.4. The molecule has 3 amide bonds. The summed E-state index contributed by atoms with van der Waals surface area (Å²) in [6.07, 6.45) is 2.10. The third kappa shape index (κ3) is 3.36. The summed E-state index contributed by atoms with van der Waals surface area (Å²) in [6, 6.07) is 15.3. The zero-order valence-electron chi connectivity index (χ0n) is 16.5. The third-order valence-electron chi connectivity index (χ3n) is 5.81. The highest BCUT2D eigenvalue weighted by Crippen LogP contribution is 2.39. The summed E-state index contributed by atoms with van der Waals surface area (Å²) in [5, 5.41) is 17.4. The van der Waals surface area contributed by atoms with Crippen molar-refractivity contribution in [3.63, 3.8) is 0 Å². The van der Waals surface area contributed by atoms with Crippen LogP contribution in [0.25, 0.3) is 0 Å². The number of amides is 3. The number of hydrogen-bond donors (Lipinski definition) is 3. The summed E-state index contributed by atoms with van der Waals surface area (Å²) in [6.45, 7) is 4.48. The van der Waals surface area contributed by atoms with Gasteiger partial charge in [-0.15, -0.1) is 0 Å². The third-order valence-corrected chi connectivity index (χ3v) is 5.81. The van der Waals surface area contributed by atoms with E-state index in [9.17, 15) is 14.7 Å². The van der Waals surface area contributed by atoms with Crippen molar-refractivity contribution in [1.82, 2.24) is 10.2 Å². The van der Waals surface area contributed by atoms with Gasteiger partial charge in [0.1, 0.15) is 0 Å². The Balaban J connectivity index is 1.69. The van der Waals surface area contributed by atoms with E-state index < -0.39 is 17.7 Å². The molecule has 0 spiro atoms. The van der Waals surface area contributed by atoms with Crippen molar-refractivity contribution in [1.29, 1.82) is 0 Å². The number of nitrogens with zero attached hydrogens (tertiary/aromatic N) is 2. The first-order valence-electron chi connectivity index (χ1n) is 10.1. The van der Waals surface area contributed by atoms with Crippen molar-refractivity contribution in [3.05, 3.63) is 60.2 Å². The van der Waals surface area contributed by atoms with Gasteiger partial charge in [0, 0.05) is 23.8 Å². The number of para-hydroxylation sites is 2. The molecular weight excluding hydrogens is 368 g/mol. The highest BCUT2D eigenvalue weighted by Gasteiger charge is 2.52. The van der Waals surface area contributed by atoms with Crippen molar-refractivity contribution < 1.29 is 14.7 Å². The molecule has 3 N–H and O–H groups in total. The lowest BCUT2D eigenvalue weighted by atomic mass is 9.94. The molecule has 2 aliphatic heterocycles. The molecule has 0 bridgehead atoms. The second-order valence-corrected chi connectivity index (χ2v) is 7.45. The molecule has 152 valence electrons. The van der Waals surface area contributed by atoms with Crippen LogP contribution in [0.2, 0.25) is 0 Å². The van der Waals surface area contributed by atoms with Gasteiger partial charge in [-0.2, -0.15) is 0 Å². The maximum atomic E-state index is 13.4. The van der Waals surface area contributed by atoms with E-state index in [-0.39, 0.29) is 6.04 Å². The number of likely N-dealkylation sites (N-methyl/N-ethyl adjacent to an activating group) is 1. The van der Waals surface area contributed by atoms with Gasteiger partial charge in [-0.05, 0) is 44.1 Å². The molecule has 1 fully saturated rings. The zero-order valence-corrected chi connectivity index (χ0v) is 16.5. The second kappa shape index (κ2) is 7.85. The highest BCUT2D eigenvalue weighted by atomic mass is 16.3. The maximum Gasteiger partial charge on any atom is 0.329 e. The van der Waals surface area contributed by atoms with Gasteiger partial charge < -0.3 is 15.7 Å². The average Bonchev–Trinajstić information content (AvgIpc) is 3.20. The van der Waals surface area contributed by atoms with Crippen LogP contribution in [0, 0.1) is 0 Å². The first-order valence-corrected chi connectivity index (χ1v) is 10.1. The standard InChI is InChI=1S/C22H26N4O3/c1-2-25-14-8-11-17(25)15-23-20(27)22(29)18-12-6-7-13-19(18)24-21(28)26(22)16-9-4-3-5-10-16/h3-7,9-10,12-13,17,29H,2,8,11,14-15H2,1H3,(H,23,27)(H,24,28). The summed E-state index contributed by atoms with van der Waals surface area (Å²) >= 11 is 0. The molecule has 4 rings (SSSR count). The van der Waals surface area contributed by atoms with Crippen LogP contribution < -0.4 is 15.5 Å². The molecule has 2 unspecified atom stereocenters. The SMILES string of the molecule is CCN1CCCC1CNC(=O)C1(O)c2ccccc2NC(=O)N1c1ccccc1. The Bertz CT molecular complexity index is 904. The van der Waals surface area contributed by atoms with Crippen LogP contribution in [0.15, 0.2) is 54.6 Å². The summed E-state index contributed by atoms with van der Waals surface area (Å²) in [5.74, 6) is -0.605. The minimum Gasteiger partial charge on any atom is -0.359 e. The molecule has 0 aliphatic carbocycles. The van der Waals surface area contributed by atoms with E-state index in [4.69, 9.17) is 0 Å². The van der Waals surface area contributed by atoms with Gasteiger partial charge in [0.25, 0.3) is 11.6 Å². The molecule has 2 atom stereocenters. The Labute approximate surface area is 170 Å². The number of nitrogens with one attached hydrogen (secondary N) is 2. The van der Waals surface area contributed by atoms with Crippen molar-refractivity contribution in [2.75, 3.05) is 29.9 Å². The molecule has 29 heavy (non-hydrogen) atoms. The van der Waals surface area contributed by atoms with Crippen molar-refractivity contribution >= 4 is 23.3 Å². The number of rotatable bonds is 5. The smallest absolute Gasteiger partial charge is 0.329 e. The quantitative estimate of drug-likeness (QED) is 0.727. The summed E-state index contributed by atoms with van der Waals surface area (Å²) < 4.78 is 0. The van der Waals surface area contributed by atoms with Gasteiger partial charge >= 0.3 is 6.03 Å². The number of benzene rings is 2. The number of carbonyl (C=O) groups excluding carboxylic acids is 2. The molecule has 2 aromatic carbocycles. The van der Waals surface area contributed by atoms with Crippen LogP contribution >= 0.6 is 0 Å². The van der Waals surface area contributed by atoms with Gasteiger partial charge in [0.05, 0.1) is 5.69 Å². The predicted molar refractivity (Wildman–Crippen MR) is 112 cm³/mol. The van der Waals surface area contributed by atoms with Crippen LogP contribution in [-0.2, 0) is 10.5 Å². The van der Waals surface area contributed by atoms with Crippen LogP contribution in [0.3, 0.4) is 0 Å². The van der Waals surface area contributed by atoms with E-state index in [1.54, 1.807) is 48.5 Å². The normalized spacial score (nSPS) is 24.1. The molecule has 1 saturated heterocycles. The minimum atomic E-state index is -2.14. The van der Waals surface area contributed by atoms with E-state index >= 15 is 0 Å². The summed E-state index contributed by atoms with van der Waals surface area (Å²) in [5.41, 5.74) is -0.929. The zero-order chi connectivity index (χ0) is 20.4. The topological polar surface area (TPSA) is 84.9 Å². The highest BCUT2D eigenvalue weighted by molar-refractivity contribution is 6.11. The fraction of sp³-hybridized carbons (Fsp3) is 0.364. The number of anilines is 2. The summed E-state index contributed by atoms with van der Waals surface area (Å²) in [4.78, 5) is 29.7. The fourth-order valence-electron chi connectivity index (χ4n) is 4.32. The number of urea groups is 1. The van der Waals surface area contributed by atoms with Gasteiger partial charge in [0.2, 0.25) is 0 Å². The average molecular weight is 394 g/mol. The van der Waals surface area contributed by atoms with Crippen LogP contribution in [0.5, 0.6) is 0 Å². The van der Waals surface area contributed by atoms with Crippen molar-refractivity contribution in [2.24, 2.45) is 0 Å². The Hall–Kier alpha value is -2.90. The van der Waals surface area contributed by atoms with E-state index in [1.165, 1.54) is 0 Å². The molecule has 7 nitrogen and oxygen atoms in total. The Kier molecular flexibility index (Phi) is 5.25. The van der Waals surface area contributed by atoms with Crippen LogP contribution in [-0.4, -0.2) is 47.6 Å². The fourth-order valence-corrected chi connectivity index (χ4v) is 4.32. The number of likely N-dealkylation sites (tertiary alicyclic amines) is 1. The van der Waals surface area contributed by atoms with Crippen molar-refractivity contribution in [2.45, 2.75) is 31.5 Å². The molecular formula is C22H26N4O3. The Morgan fingerprint density at radius 2 is 1.93 bits per heavy atom.